The number of rotatable bonds is 5. The molecule has 0 spiro atoms. The predicted octanol–water partition coefficient (Wildman–Crippen LogP) is 5.55. The molecule has 1 aromatic heterocycles. The fourth-order valence-corrected chi connectivity index (χ4v) is 4.06. The number of pyridine rings is 1. The lowest BCUT2D eigenvalue weighted by molar-refractivity contribution is -0.137. The summed E-state index contributed by atoms with van der Waals surface area (Å²) in [5, 5.41) is 7.50. The summed E-state index contributed by atoms with van der Waals surface area (Å²) in [6.45, 7) is 2.97. The van der Waals surface area contributed by atoms with Crippen molar-refractivity contribution in [2.24, 2.45) is 0 Å². The highest BCUT2D eigenvalue weighted by Crippen LogP contribution is 2.36. The van der Waals surface area contributed by atoms with Gasteiger partial charge in [0, 0.05) is 26.2 Å². The topological polar surface area (TPSA) is 98.8 Å². The van der Waals surface area contributed by atoms with Crippen LogP contribution >= 0.6 is 0 Å². The lowest BCUT2D eigenvalue weighted by Gasteiger charge is -2.35. The minimum absolute atomic E-state index is 0.185. The third-order valence-corrected chi connectivity index (χ3v) is 6.05. The number of ether oxygens (including phenoxy) is 1. The molecule has 1 aliphatic rings. The molecule has 1 aliphatic heterocycles. The largest absolute Gasteiger partial charge is 0.495 e. The average Bonchev–Trinajstić information content (AvgIpc) is 2.90. The lowest BCUT2D eigenvalue weighted by Crippen LogP contribution is -2.50. The second kappa shape index (κ2) is 11.5. The van der Waals surface area contributed by atoms with Gasteiger partial charge in [0.15, 0.2) is 0 Å². The molecule has 4 amide bonds. The number of carbonyl (C=O) groups excluding carboxylic acids is 2. The van der Waals surface area contributed by atoms with Crippen LogP contribution < -0.4 is 25.6 Å². The summed E-state index contributed by atoms with van der Waals surface area (Å²) in [6, 6.07) is 9.98. The molecular weight excluding hydrogens is 520 g/mol. The average molecular weight is 547 g/mol. The molecule has 13 heteroatoms. The van der Waals surface area contributed by atoms with E-state index in [-0.39, 0.29) is 13.1 Å². The maximum absolute atomic E-state index is 14.1. The van der Waals surface area contributed by atoms with Gasteiger partial charge in [-0.05, 0) is 48.9 Å². The molecule has 1 saturated heterocycles. The summed E-state index contributed by atoms with van der Waals surface area (Å²) < 4.78 is 59.0. The van der Waals surface area contributed by atoms with Crippen molar-refractivity contribution in [3.63, 3.8) is 0 Å². The van der Waals surface area contributed by atoms with Gasteiger partial charge in [-0.3, -0.25) is 0 Å². The Labute approximate surface area is 221 Å². The fraction of sp³-hybridized carbons (Fsp3) is 0.269. The Hall–Kier alpha value is -4.55. The molecule has 39 heavy (non-hydrogen) atoms. The van der Waals surface area contributed by atoms with Crippen molar-refractivity contribution in [1.82, 2.24) is 9.88 Å². The van der Waals surface area contributed by atoms with Crippen molar-refractivity contribution in [2.75, 3.05) is 54.1 Å². The van der Waals surface area contributed by atoms with E-state index in [4.69, 9.17) is 4.74 Å². The van der Waals surface area contributed by atoms with Crippen LogP contribution in [0.2, 0.25) is 0 Å². The number of urea groups is 2. The SMILES string of the molecule is COc1ccc(C)cc1NC(=O)Nc1ccc(N2CCN(C(=O)Nc3c(F)cccc3C(F)(F)F)CC2)nc1. The van der Waals surface area contributed by atoms with Gasteiger partial charge in [0.25, 0.3) is 0 Å². The zero-order valence-electron chi connectivity index (χ0n) is 21.1. The van der Waals surface area contributed by atoms with Gasteiger partial charge in [-0.15, -0.1) is 0 Å². The molecule has 2 heterocycles. The van der Waals surface area contributed by atoms with E-state index in [0.717, 1.165) is 17.7 Å². The van der Waals surface area contributed by atoms with Crippen LogP contribution in [0.5, 0.6) is 5.75 Å². The summed E-state index contributed by atoms with van der Waals surface area (Å²) in [6.07, 6.45) is -3.33. The molecule has 9 nitrogen and oxygen atoms in total. The van der Waals surface area contributed by atoms with Crippen molar-refractivity contribution in [2.45, 2.75) is 13.1 Å². The first-order valence-corrected chi connectivity index (χ1v) is 11.9. The highest BCUT2D eigenvalue weighted by molar-refractivity contribution is 6.00. The molecular formula is C26H26F4N6O3. The first kappa shape index (κ1) is 27.5. The van der Waals surface area contributed by atoms with Gasteiger partial charge in [0.05, 0.1) is 35.9 Å². The first-order chi connectivity index (χ1) is 18.5. The van der Waals surface area contributed by atoms with Gasteiger partial charge < -0.3 is 30.5 Å². The second-order valence-electron chi connectivity index (χ2n) is 8.75. The van der Waals surface area contributed by atoms with Gasteiger partial charge in [-0.1, -0.05) is 12.1 Å². The Morgan fingerprint density at radius 3 is 2.36 bits per heavy atom. The molecule has 4 rings (SSSR count). The third kappa shape index (κ3) is 6.67. The van der Waals surface area contributed by atoms with E-state index in [1.54, 1.807) is 24.3 Å². The highest BCUT2D eigenvalue weighted by atomic mass is 19.4. The van der Waals surface area contributed by atoms with E-state index >= 15 is 0 Å². The summed E-state index contributed by atoms with van der Waals surface area (Å²) in [5.74, 6) is -0.0528. The Kier molecular flexibility index (Phi) is 8.07. The number of para-hydroxylation sites is 1. The zero-order chi connectivity index (χ0) is 28.2. The molecule has 0 radical (unpaired) electrons. The van der Waals surface area contributed by atoms with Gasteiger partial charge >= 0.3 is 18.2 Å². The van der Waals surface area contributed by atoms with Crippen molar-refractivity contribution in [1.29, 1.82) is 0 Å². The quantitative estimate of drug-likeness (QED) is 0.365. The number of amides is 4. The monoisotopic (exact) mass is 546 g/mol. The van der Waals surface area contributed by atoms with E-state index in [0.29, 0.717) is 42.1 Å². The number of halogens is 4. The minimum atomic E-state index is -4.82. The lowest BCUT2D eigenvalue weighted by atomic mass is 10.1. The molecule has 0 unspecified atom stereocenters. The van der Waals surface area contributed by atoms with E-state index < -0.39 is 35.3 Å². The van der Waals surface area contributed by atoms with Crippen LogP contribution in [0.4, 0.5) is 50.0 Å². The number of aryl methyl sites for hydroxylation is 1. The van der Waals surface area contributed by atoms with Crippen LogP contribution in [-0.4, -0.2) is 55.2 Å². The van der Waals surface area contributed by atoms with Gasteiger partial charge in [0.1, 0.15) is 17.4 Å². The number of benzene rings is 2. The Morgan fingerprint density at radius 2 is 1.72 bits per heavy atom. The minimum Gasteiger partial charge on any atom is -0.495 e. The molecule has 3 aromatic rings. The van der Waals surface area contributed by atoms with E-state index in [2.05, 4.69) is 20.9 Å². The second-order valence-corrected chi connectivity index (χ2v) is 8.75. The van der Waals surface area contributed by atoms with E-state index in [9.17, 15) is 27.2 Å². The summed E-state index contributed by atoms with van der Waals surface area (Å²) in [7, 11) is 1.51. The zero-order valence-corrected chi connectivity index (χ0v) is 21.1. The predicted molar refractivity (Wildman–Crippen MR) is 139 cm³/mol. The number of aromatic nitrogens is 1. The number of carbonyl (C=O) groups is 2. The molecule has 2 aromatic carbocycles. The molecule has 3 N–H and O–H groups in total. The summed E-state index contributed by atoms with van der Waals surface area (Å²) in [5.41, 5.74) is -0.225. The number of hydrogen-bond acceptors (Lipinski definition) is 5. The van der Waals surface area contributed by atoms with E-state index in [1.165, 1.54) is 18.2 Å². The number of hydrogen-bond donors (Lipinski definition) is 3. The van der Waals surface area contributed by atoms with Crippen LogP contribution in [0.1, 0.15) is 11.1 Å². The number of methoxy groups -OCH3 is 1. The maximum atomic E-state index is 14.1. The number of nitrogens with one attached hydrogen (secondary N) is 3. The van der Waals surface area contributed by atoms with Crippen LogP contribution in [0.3, 0.4) is 0 Å². The smallest absolute Gasteiger partial charge is 0.418 e. The van der Waals surface area contributed by atoms with Crippen LogP contribution in [0.25, 0.3) is 0 Å². The number of nitrogens with zero attached hydrogens (tertiary/aromatic N) is 3. The molecule has 1 fully saturated rings. The van der Waals surface area contributed by atoms with Gasteiger partial charge in [-0.2, -0.15) is 13.2 Å². The number of anilines is 4. The van der Waals surface area contributed by atoms with Crippen molar-refractivity contribution < 1.29 is 31.9 Å². The standard InChI is InChI=1S/C26H26F4N6O3/c1-16-6-8-21(39-2)20(14-16)33-24(37)32-17-7-9-22(31-15-17)35-10-12-36(13-11-35)25(38)34-23-18(26(28,29)30)4-3-5-19(23)27/h3-9,14-15H,10-13H2,1-2H3,(H,34,38)(H2,32,33,37). The molecule has 0 saturated carbocycles. The Morgan fingerprint density at radius 1 is 0.974 bits per heavy atom. The number of piperazine rings is 1. The van der Waals surface area contributed by atoms with Crippen LogP contribution in [-0.2, 0) is 6.18 Å². The van der Waals surface area contributed by atoms with Gasteiger partial charge in [-0.25, -0.2) is 19.0 Å². The Balaban J connectivity index is 1.31. The molecule has 0 bridgehead atoms. The number of alkyl halides is 3. The first-order valence-electron chi connectivity index (χ1n) is 11.9. The van der Waals surface area contributed by atoms with Crippen LogP contribution in [0.15, 0.2) is 54.7 Å². The molecule has 0 aliphatic carbocycles. The van der Waals surface area contributed by atoms with Crippen molar-refractivity contribution in [3.05, 3.63) is 71.7 Å². The van der Waals surface area contributed by atoms with Crippen LogP contribution in [0, 0.1) is 12.7 Å². The summed E-state index contributed by atoms with van der Waals surface area (Å²) in [4.78, 5) is 32.6. The highest BCUT2D eigenvalue weighted by Gasteiger charge is 2.36. The fourth-order valence-electron chi connectivity index (χ4n) is 4.06. The summed E-state index contributed by atoms with van der Waals surface area (Å²) >= 11 is 0. The van der Waals surface area contributed by atoms with Crippen molar-refractivity contribution >= 4 is 34.9 Å². The Bertz CT molecular complexity index is 1340. The molecule has 0 atom stereocenters. The normalized spacial score (nSPS) is 13.6. The van der Waals surface area contributed by atoms with E-state index in [1.807, 2.05) is 17.9 Å². The maximum Gasteiger partial charge on any atom is 0.418 e. The van der Waals surface area contributed by atoms with Crippen molar-refractivity contribution in [3.8, 4) is 5.75 Å². The van der Waals surface area contributed by atoms with Gasteiger partial charge in [0.2, 0.25) is 0 Å². The third-order valence-electron chi connectivity index (χ3n) is 6.05. The molecule has 206 valence electrons.